The maximum absolute atomic E-state index is 13.2. The fourth-order valence-electron chi connectivity index (χ4n) is 4.15. The summed E-state index contributed by atoms with van der Waals surface area (Å²) in [6.45, 7) is 0.455. The number of halogens is 1. The molecule has 1 atom stereocenters. The second-order valence-corrected chi connectivity index (χ2v) is 9.20. The molecule has 1 unspecified atom stereocenters. The lowest BCUT2D eigenvalue weighted by molar-refractivity contribution is 0.452. The molecule has 2 heterocycles. The van der Waals surface area contributed by atoms with Crippen molar-refractivity contribution in [3.8, 4) is 0 Å². The van der Waals surface area contributed by atoms with Gasteiger partial charge in [0.05, 0.1) is 16.4 Å². The van der Waals surface area contributed by atoms with Crippen LogP contribution in [-0.4, -0.2) is 19.9 Å². The average Bonchev–Trinajstić information content (AvgIpc) is 3.24. The fraction of sp³-hybridized carbons (Fsp3) is 0.421. The van der Waals surface area contributed by atoms with E-state index in [9.17, 15) is 8.42 Å². The van der Waals surface area contributed by atoms with E-state index in [0.29, 0.717) is 18.2 Å². The van der Waals surface area contributed by atoms with Gasteiger partial charge in [0.1, 0.15) is 4.90 Å². The second-order valence-electron chi connectivity index (χ2n) is 6.96. The molecule has 4 rings (SSSR count). The van der Waals surface area contributed by atoms with Crippen molar-refractivity contribution in [3.05, 3.63) is 53.3 Å². The topological polar surface area (TPSA) is 50.3 Å². The van der Waals surface area contributed by atoms with E-state index in [4.69, 9.17) is 11.6 Å². The van der Waals surface area contributed by atoms with Gasteiger partial charge >= 0.3 is 0 Å². The van der Waals surface area contributed by atoms with Crippen LogP contribution in [0.2, 0.25) is 5.02 Å². The Kier molecular flexibility index (Phi) is 4.46. The van der Waals surface area contributed by atoms with E-state index in [1.54, 1.807) is 36.5 Å². The first kappa shape index (κ1) is 16.9. The predicted molar refractivity (Wildman–Crippen MR) is 99.5 cm³/mol. The molecule has 0 radical (unpaired) electrons. The number of aromatic nitrogens is 1. The Balaban J connectivity index is 1.70. The third kappa shape index (κ3) is 3.04. The maximum Gasteiger partial charge on any atom is 0.265 e. The number of sulfonamides is 1. The first-order chi connectivity index (χ1) is 12.1. The molecular formula is C19H21ClN2O2S. The molecule has 2 aromatic rings. The summed E-state index contributed by atoms with van der Waals surface area (Å²) < 4.78 is 27.9. The van der Waals surface area contributed by atoms with Gasteiger partial charge in [-0.05, 0) is 36.6 Å². The maximum atomic E-state index is 13.2. The van der Waals surface area contributed by atoms with E-state index in [-0.39, 0.29) is 15.8 Å². The zero-order valence-corrected chi connectivity index (χ0v) is 15.5. The number of anilines is 1. The number of fused-ring (bicyclic) bond motifs is 1. The molecule has 1 aliphatic heterocycles. The van der Waals surface area contributed by atoms with Crippen molar-refractivity contribution in [3.63, 3.8) is 0 Å². The minimum absolute atomic E-state index is 0.160. The molecule has 1 aromatic carbocycles. The highest BCUT2D eigenvalue weighted by Gasteiger charge is 2.39. The van der Waals surface area contributed by atoms with Gasteiger partial charge in [-0.2, -0.15) is 0 Å². The third-order valence-corrected chi connectivity index (χ3v) is 7.63. The summed E-state index contributed by atoms with van der Waals surface area (Å²) in [4.78, 5) is 4.68. The van der Waals surface area contributed by atoms with Crippen molar-refractivity contribution in [2.24, 2.45) is 5.92 Å². The number of benzene rings is 1. The van der Waals surface area contributed by atoms with Gasteiger partial charge in [-0.1, -0.05) is 49.4 Å². The molecule has 0 bridgehead atoms. The van der Waals surface area contributed by atoms with Crippen LogP contribution in [0.5, 0.6) is 0 Å². The molecule has 132 valence electrons. The van der Waals surface area contributed by atoms with Gasteiger partial charge in [0, 0.05) is 18.7 Å². The highest BCUT2D eigenvalue weighted by Crippen LogP contribution is 2.43. The molecule has 25 heavy (non-hydrogen) atoms. The number of hydrogen-bond donors (Lipinski definition) is 0. The third-order valence-electron chi connectivity index (χ3n) is 5.36. The smallest absolute Gasteiger partial charge is 0.264 e. The van der Waals surface area contributed by atoms with Crippen molar-refractivity contribution in [2.45, 2.75) is 42.9 Å². The van der Waals surface area contributed by atoms with Gasteiger partial charge in [-0.25, -0.2) is 8.42 Å². The van der Waals surface area contributed by atoms with E-state index in [1.165, 1.54) is 30.0 Å². The monoisotopic (exact) mass is 376 g/mol. The number of rotatable bonds is 4. The van der Waals surface area contributed by atoms with Gasteiger partial charge in [-0.3, -0.25) is 9.29 Å². The average molecular weight is 377 g/mol. The SMILES string of the molecule is O=S(=O)(c1ccccc1Cl)N1CC(CC2CCCC2)c2ncccc21. The van der Waals surface area contributed by atoms with E-state index in [0.717, 1.165) is 12.1 Å². The minimum atomic E-state index is -3.69. The molecule has 1 aromatic heterocycles. The fourth-order valence-corrected chi connectivity index (χ4v) is 6.17. The summed E-state index contributed by atoms with van der Waals surface area (Å²) >= 11 is 6.17. The standard InChI is InChI=1S/C19H21ClN2O2S/c20-16-8-3-4-10-18(16)25(23,24)22-13-15(12-14-6-1-2-7-14)19-17(22)9-5-11-21-19/h3-5,8-11,14-15H,1-2,6-7,12-13H2. The molecule has 6 heteroatoms. The molecule has 1 saturated carbocycles. The van der Waals surface area contributed by atoms with Crippen LogP contribution in [0, 0.1) is 5.92 Å². The van der Waals surface area contributed by atoms with Gasteiger partial charge in [0.25, 0.3) is 10.0 Å². The molecule has 0 saturated heterocycles. The lowest BCUT2D eigenvalue weighted by atomic mass is 9.92. The van der Waals surface area contributed by atoms with Crippen LogP contribution in [0.3, 0.4) is 0 Å². The lowest BCUT2D eigenvalue weighted by Gasteiger charge is -2.21. The van der Waals surface area contributed by atoms with Crippen molar-refractivity contribution in [2.75, 3.05) is 10.8 Å². The molecule has 0 spiro atoms. The second kappa shape index (κ2) is 6.61. The van der Waals surface area contributed by atoms with E-state index < -0.39 is 10.0 Å². The highest BCUT2D eigenvalue weighted by molar-refractivity contribution is 7.93. The quantitative estimate of drug-likeness (QED) is 0.783. The molecule has 2 aliphatic rings. The first-order valence-electron chi connectivity index (χ1n) is 8.79. The summed E-state index contributed by atoms with van der Waals surface area (Å²) in [5.74, 6) is 0.847. The Morgan fingerprint density at radius 3 is 2.64 bits per heavy atom. The Bertz CT molecular complexity index is 878. The summed E-state index contributed by atoms with van der Waals surface area (Å²) in [6.07, 6.45) is 7.83. The Morgan fingerprint density at radius 1 is 1.12 bits per heavy atom. The zero-order valence-electron chi connectivity index (χ0n) is 13.9. The highest BCUT2D eigenvalue weighted by atomic mass is 35.5. The van der Waals surface area contributed by atoms with E-state index >= 15 is 0 Å². The first-order valence-corrected chi connectivity index (χ1v) is 10.6. The van der Waals surface area contributed by atoms with Crippen molar-refractivity contribution >= 4 is 27.3 Å². The Hall–Kier alpha value is -1.59. The molecule has 0 N–H and O–H groups in total. The van der Waals surface area contributed by atoms with E-state index in [1.807, 2.05) is 6.07 Å². The molecular weight excluding hydrogens is 356 g/mol. The van der Waals surface area contributed by atoms with Gasteiger partial charge in [0.15, 0.2) is 0 Å². The summed E-state index contributed by atoms with van der Waals surface area (Å²) in [7, 11) is -3.69. The number of hydrogen-bond acceptors (Lipinski definition) is 3. The van der Waals surface area contributed by atoms with E-state index in [2.05, 4.69) is 4.98 Å². The van der Waals surface area contributed by atoms with Gasteiger partial charge in [-0.15, -0.1) is 0 Å². The van der Waals surface area contributed by atoms with Crippen LogP contribution < -0.4 is 4.31 Å². The van der Waals surface area contributed by atoms with Crippen LogP contribution >= 0.6 is 11.6 Å². The van der Waals surface area contributed by atoms with Crippen LogP contribution in [0.25, 0.3) is 0 Å². The Morgan fingerprint density at radius 2 is 1.88 bits per heavy atom. The zero-order chi connectivity index (χ0) is 17.4. The van der Waals surface area contributed by atoms with Gasteiger partial charge < -0.3 is 0 Å². The summed E-state index contributed by atoms with van der Waals surface area (Å²) in [5.41, 5.74) is 1.61. The molecule has 4 nitrogen and oxygen atoms in total. The van der Waals surface area contributed by atoms with Crippen molar-refractivity contribution in [1.82, 2.24) is 4.98 Å². The van der Waals surface area contributed by atoms with Crippen LogP contribution in [-0.2, 0) is 10.0 Å². The van der Waals surface area contributed by atoms with Crippen LogP contribution in [0.1, 0.15) is 43.7 Å². The lowest BCUT2D eigenvalue weighted by Crippen LogP contribution is -2.30. The molecule has 1 aliphatic carbocycles. The molecule has 0 amide bonds. The van der Waals surface area contributed by atoms with Crippen molar-refractivity contribution < 1.29 is 8.42 Å². The minimum Gasteiger partial charge on any atom is -0.264 e. The van der Waals surface area contributed by atoms with Gasteiger partial charge in [0.2, 0.25) is 0 Å². The van der Waals surface area contributed by atoms with Crippen LogP contribution in [0.15, 0.2) is 47.5 Å². The van der Waals surface area contributed by atoms with Crippen molar-refractivity contribution in [1.29, 1.82) is 0 Å². The Labute approximate surface area is 153 Å². The largest absolute Gasteiger partial charge is 0.265 e. The molecule has 1 fully saturated rings. The summed E-state index contributed by atoms with van der Waals surface area (Å²) in [5, 5.41) is 0.257. The number of pyridine rings is 1. The normalized spacial score (nSPS) is 20.8. The number of nitrogens with zero attached hydrogens (tertiary/aromatic N) is 2. The predicted octanol–water partition coefficient (Wildman–Crippen LogP) is 4.61. The summed E-state index contributed by atoms with van der Waals surface area (Å²) in [6, 6.07) is 10.3. The van der Waals surface area contributed by atoms with Crippen LogP contribution in [0.4, 0.5) is 5.69 Å².